The lowest BCUT2D eigenvalue weighted by Gasteiger charge is -2.19. The molecule has 1 heterocycles. The molecule has 2 aromatic rings. The molecule has 1 atom stereocenters. The fraction of sp³-hybridized carbons (Fsp3) is 0.400. The molecule has 0 radical (unpaired) electrons. The molecule has 0 bridgehead atoms. The maximum Gasteiger partial charge on any atom is 0.0837 e. The molecule has 3 rings (SSSR count). The predicted octanol–water partition coefficient (Wildman–Crippen LogP) is 5.44. The van der Waals surface area contributed by atoms with Crippen LogP contribution in [0, 0.1) is 0 Å². The lowest BCUT2D eigenvalue weighted by molar-refractivity contribution is 0.0615. The molecule has 1 aliphatic rings. The molecule has 3 heteroatoms. The van der Waals surface area contributed by atoms with E-state index >= 15 is 0 Å². The number of hydrogen-bond donors (Lipinski definition) is 0. The lowest BCUT2D eigenvalue weighted by atomic mass is 10.1. The van der Waals surface area contributed by atoms with Crippen molar-refractivity contribution < 1.29 is 4.74 Å². The summed E-state index contributed by atoms with van der Waals surface area (Å²) < 4.78 is 7.16. The van der Waals surface area contributed by atoms with E-state index in [1.165, 1.54) is 11.1 Å². The topological polar surface area (TPSA) is 12.5 Å². The van der Waals surface area contributed by atoms with Crippen LogP contribution >= 0.6 is 15.9 Å². The third kappa shape index (κ3) is 5.76. The second-order valence-electron chi connectivity index (χ2n) is 5.46. The van der Waals surface area contributed by atoms with Gasteiger partial charge >= 0.3 is 0 Å². The molecule has 1 saturated heterocycles. The zero-order valence-corrected chi connectivity index (χ0v) is 15.6. The van der Waals surface area contributed by atoms with Crippen LogP contribution < -0.4 is 0 Å². The van der Waals surface area contributed by atoms with Crippen LogP contribution in [0.5, 0.6) is 0 Å². The Morgan fingerprint density at radius 1 is 1.00 bits per heavy atom. The van der Waals surface area contributed by atoms with Crippen LogP contribution in [0.3, 0.4) is 0 Å². The molecule has 2 nitrogen and oxygen atoms in total. The Bertz CT molecular complexity index is 556. The smallest absolute Gasteiger partial charge is 0.0837 e. The minimum absolute atomic E-state index is 0.221. The van der Waals surface area contributed by atoms with Crippen LogP contribution in [0.1, 0.15) is 37.5 Å². The molecule has 0 saturated carbocycles. The summed E-state index contributed by atoms with van der Waals surface area (Å²) in [6.07, 6.45) is 1.27. The summed E-state index contributed by atoms with van der Waals surface area (Å²) in [5, 5.41) is 0. The van der Waals surface area contributed by atoms with Crippen LogP contribution in [0.25, 0.3) is 0 Å². The summed E-state index contributed by atoms with van der Waals surface area (Å²) in [6.45, 7) is 7.89. The Labute approximate surface area is 148 Å². The maximum atomic E-state index is 6.04. The number of ether oxygens (including phenoxy) is 1. The summed E-state index contributed by atoms with van der Waals surface area (Å²) in [4.78, 5) is 2.48. The van der Waals surface area contributed by atoms with Crippen LogP contribution in [0.15, 0.2) is 59.1 Å². The minimum atomic E-state index is 0.221. The van der Waals surface area contributed by atoms with Crippen molar-refractivity contribution in [2.45, 2.75) is 32.9 Å². The van der Waals surface area contributed by atoms with Gasteiger partial charge in [-0.25, -0.2) is 0 Å². The molecular formula is C20H26BrNO. The van der Waals surface area contributed by atoms with E-state index in [-0.39, 0.29) is 6.10 Å². The lowest BCUT2D eigenvalue weighted by Crippen LogP contribution is -2.25. The van der Waals surface area contributed by atoms with E-state index in [9.17, 15) is 0 Å². The Hall–Kier alpha value is -1.16. The molecular weight excluding hydrogens is 350 g/mol. The summed E-state index contributed by atoms with van der Waals surface area (Å²) in [5.41, 5.74) is 2.65. The van der Waals surface area contributed by atoms with Gasteiger partial charge in [0.15, 0.2) is 0 Å². The van der Waals surface area contributed by atoms with Crippen molar-refractivity contribution in [3.8, 4) is 0 Å². The zero-order chi connectivity index (χ0) is 16.5. The van der Waals surface area contributed by atoms with E-state index in [1.807, 2.05) is 13.8 Å². The second-order valence-corrected chi connectivity index (χ2v) is 6.38. The van der Waals surface area contributed by atoms with Crippen LogP contribution in [0.2, 0.25) is 0 Å². The van der Waals surface area contributed by atoms with Crippen LogP contribution in [-0.2, 0) is 11.3 Å². The van der Waals surface area contributed by atoms with E-state index in [0.717, 1.165) is 37.1 Å². The highest BCUT2D eigenvalue weighted by atomic mass is 79.9. The van der Waals surface area contributed by atoms with E-state index in [1.54, 1.807) is 0 Å². The standard InChI is InChI=1S/C18H20BrNO.C2H6/c19-17-8-6-16(7-9-17)18-10-11-20(12-13-21-18)14-15-4-2-1-3-5-15;1-2/h1-9,18H,10-14H2;1-2H3. The average Bonchev–Trinajstić information content (AvgIpc) is 2.84. The van der Waals surface area contributed by atoms with Crippen molar-refractivity contribution in [1.29, 1.82) is 0 Å². The predicted molar refractivity (Wildman–Crippen MR) is 101 cm³/mol. The van der Waals surface area contributed by atoms with Gasteiger partial charge in [-0.3, -0.25) is 4.90 Å². The van der Waals surface area contributed by atoms with Crippen molar-refractivity contribution in [3.05, 3.63) is 70.2 Å². The van der Waals surface area contributed by atoms with Gasteiger partial charge in [-0.2, -0.15) is 0 Å². The van der Waals surface area contributed by atoms with Gasteiger partial charge in [0.25, 0.3) is 0 Å². The van der Waals surface area contributed by atoms with E-state index in [2.05, 4.69) is 75.4 Å². The SMILES string of the molecule is Brc1ccc(C2CCN(Cc3ccccc3)CCO2)cc1.CC. The van der Waals surface area contributed by atoms with Crippen molar-refractivity contribution in [2.75, 3.05) is 19.7 Å². The molecule has 0 spiro atoms. The average molecular weight is 376 g/mol. The highest BCUT2D eigenvalue weighted by Gasteiger charge is 2.18. The third-order valence-electron chi connectivity index (χ3n) is 3.92. The maximum absolute atomic E-state index is 6.04. The molecule has 1 unspecified atom stereocenters. The summed E-state index contributed by atoms with van der Waals surface area (Å²) in [5.74, 6) is 0. The van der Waals surface area contributed by atoms with Crippen LogP contribution in [0.4, 0.5) is 0 Å². The van der Waals surface area contributed by atoms with Gasteiger partial charge in [-0.1, -0.05) is 72.2 Å². The van der Waals surface area contributed by atoms with E-state index in [0.29, 0.717) is 0 Å². The van der Waals surface area contributed by atoms with Crippen molar-refractivity contribution >= 4 is 15.9 Å². The van der Waals surface area contributed by atoms with Crippen molar-refractivity contribution in [1.82, 2.24) is 4.90 Å². The monoisotopic (exact) mass is 375 g/mol. The zero-order valence-electron chi connectivity index (χ0n) is 14.0. The third-order valence-corrected chi connectivity index (χ3v) is 4.45. The number of hydrogen-bond acceptors (Lipinski definition) is 2. The molecule has 1 fully saturated rings. The molecule has 0 amide bonds. The minimum Gasteiger partial charge on any atom is -0.372 e. The number of benzene rings is 2. The quantitative estimate of drug-likeness (QED) is 0.707. The summed E-state index contributed by atoms with van der Waals surface area (Å²) in [6, 6.07) is 19.1. The Morgan fingerprint density at radius 2 is 1.70 bits per heavy atom. The van der Waals surface area contributed by atoms with E-state index < -0.39 is 0 Å². The van der Waals surface area contributed by atoms with Gasteiger partial charge in [-0.15, -0.1) is 0 Å². The first-order valence-corrected chi connectivity index (χ1v) is 9.24. The van der Waals surface area contributed by atoms with Gasteiger partial charge < -0.3 is 4.74 Å². The molecule has 2 aromatic carbocycles. The Morgan fingerprint density at radius 3 is 2.39 bits per heavy atom. The summed E-state index contributed by atoms with van der Waals surface area (Å²) >= 11 is 3.48. The Balaban J connectivity index is 0.000000924. The fourth-order valence-corrected chi connectivity index (χ4v) is 3.02. The number of halogens is 1. The van der Waals surface area contributed by atoms with Gasteiger partial charge in [0.1, 0.15) is 0 Å². The second kappa shape index (κ2) is 9.86. The molecule has 23 heavy (non-hydrogen) atoms. The molecule has 0 N–H and O–H groups in total. The Kier molecular flexibility index (Phi) is 7.80. The highest BCUT2D eigenvalue weighted by Crippen LogP contribution is 2.25. The summed E-state index contributed by atoms with van der Waals surface area (Å²) in [7, 11) is 0. The molecule has 124 valence electrons. The van der Waals surface area contributed by atoms with Gasteiger partial charge in [0.05, 0.1) is 12.7 Å². The first kappa shape index (κ1) is 18.2. The number of nitrogens with zero attached hydrogens (tertiary/aromatic N) is 1. The molecule has 0 aliphatic carbocycles. The van der Waals surface area contributed by atoms with Gasteiger partial charge in [-0.05, 0) is 29.7 Å². The first-order chi connectivity index (χ1) is 11.3. The molecule has 1 aliphatic heterocycles. The van der Waals surface area contributed by atoms with Crippen molar-refractivity contribution in [2.24, 2.45) is 0 Å². The highest BCUT2D eigenvalue weighted by molar-refractivity contribution is 9.10. The number of rotatable bonds is 3. The van der Waals surface area contributed by atoms with Gasteiger partial charge in [0, 0.05) is 24.1 Å². The van der Waals surface area contributed by atoms with Gasteiger partial charge in [0.2, 0.25) is 0 Å². The van der Waals surface area contributed by atoms with E-state index in [4.69, 9.17) is 4.74 Å². The normalized spacial score (nSPS) is 18.7. The molecule has 0 aromatic heterocycles. The van der Waals surface area contributed by atoms with Crippen LogP contribution in [-0.4, -0.2) is 24.6 Å². The largest absolute Gasteiger partial charge is 0.372 e. The first-order valence-electron chi connectivity index (χ1n) is 8.44. The van der Waals surface area contributed by atoms with Crippen molar-refractivity contribution in [3.63, 3.8) is 0 Å². The fourth-order valence-electron chi connectivity index (χ4n) is 2.76.